The van der Waals surface area contributed by atoms with Crippen LogP contribution in [0, 0.1) is 5.92 Å². The molecule has 150 valence electrons. The molecular weight excluding hydrogens is 340 g/mol. The molecule has 0 amide bonds. The van der Waals surface area contributed by atoms with Gasteiger partial charge in [-0.05, 0) is 6.92 Å². The third-order valence-electron chi connectivity index (χ3n) is 4.48. The van der Waals surface area contributed by atoms with Gasteiger partial charge in [0.05, 0.1) is 18.8 Å². The van der Waals surface area contributed by atoms with E-state index in [1.54, 1.807) is 0 Å². The number of aliphatic hydroxyl groups is 7. The summed E-state index contributed by atoms with van der Waals surface area (Å²) in [5.74, 6) is -0.667. The number of rotatable bonds is 9. The van der Waals surface area contributed by atoms with E-state index in [9.17, 15) is 25.5 Å². The van der Waals surface area contributed by atoms with Crippen molar-refractivity contribution in [3.05, 3.63) is 0 Å². The molecule has 1 rings (SSSR count). The second-order valence-electron chi connectivity index (χ2n) is 6.38. The molecule has 1 aliphatic rings. The SMILES string of the molecule is COC1OC(CO)C(O)C(O)C1OC(C)C(O)C(O)C(O)C(C)CO. The minimum atomic E-state index is -1.60. The Hall–Kier alpha value is -0.400. The molecule has 0 aromatic heterocycles. The summed E-state index contributed by atoms with van der Waals surface area (Å²) < 4.78 is 15.8. The van der Waals surface area contributed by atoms with E-state index in [0.717, 1.165) is 0 Å². The molecule has 0 spiro atoms. The number of hydrogen-bond donors (Lipinski definition) is 7. The maximum atomic E-state index is 10.2. The summed E-state index contributed by atoms with van der Waals surface area (Å²) in [6.45, 7) is 1.98. The number of aliphatic hydroxyl groups excluding tert-OH is 7. The van der Waals surface area contributed by atoms with Crippen LogP contribution in [0.3, 0.4) is 0 Å². The van der Waals surface area contributed by atoms with Crippen molar-refractivity contribution in [1.82, 2.24) is 0 Å². The summed E-state index contributed by atoms with van der Waals surface area (Å²) in [6.07, 6.45) is -11.9. The fraction of sp³-hybridized carbons (Fsp3) is 1.00. The third kappa shape index (κ3) is 5.30. The first kappa shape index (κ1) is 22.6. The fourth-order valence-electron chi connectivity index (χ4n) is 2.64. The zero-order valence-electron chi connectivity index (χ0n) is 14.5. The normalized spacial score (nSPS) is 36.5. The molecule has 10 atom stereocenters. The van der Waals surface area contributed by atoms with E-state index in [2.05, 4.69) is 0 Å². The smallest absolute Gasteiger partial charge is 0.186 e. The maximum absolute atomic E-state index is 10.2. The highest BCUT2D eigenvalue weighted by molar-refractivity contribution is 4.91. The van der Waals surface area contributed by atoms with Crippen LogP contribution in [0.2, 0.25) is 0 Å². The summed E-state index contributed by atoms with van der Waals surface area (Å²) in [5, 5.41) is 68.3. The lowest BCUT2D eigenvalue weighted by atomic mass is 9.94. The van der Waals surface area contributed by atoms with Crippen LogP contribution in [-0.2, 0) is 14.2 Å². The van der Waals surface area contributed by atoms with Crippen LogP contribution in [-0.4, -0.2) is 111 Å². The van der Waals surface area contributed by atoms with Gasteiger partial charge in [0.15, 0.2) is 6.29 Å². The number of hydrogen-bond acceptors (Lipinski definition) is 10. The first-order valence-electron chi connectivity index (χ1n) is 8.15. The quantitative estimate of drug-likeness (QED) is 0.217. The molecule has 0 aromatic rings. The molecule has 0 saturated carbocycles. The van der Waals surface area contributed by atoms with Gasteiger partial charge in [0, 0.05) is 19.6 Å². The Morgan fingerprint density at radius 1 is 0.960 bits per heavy atom. The minimum Gasteiger partial charge on any atom is -0.396 e. The van der Waals surface area contributed by atoms with E-state index in [0.29, 0.717) is 0 Å². The van der Waals surface area contributed by atoms with Gasteiger partial charge in [0.25, 0.3) is 0 Å². The van der Waals surface area contributed by atoms with Gasteiger partial charge in [0.1, 0.15) is 36.6 Å². The van der Waals surface area contributed by atoms with E-state index in [1.807, 2.05) is 0 Å². The molecule has 0 bridgehead atoms. The first-order chi connectivity index (χ1) is 11.7. The van der Waals surface area contributed by atoms with E-state index < -0.39 is 67.6 Å². The van der Waals surface area contributed by atoms with Crippen molar-refractivity contribution in [3.8, 4) is 0 Å². The van der Waals surface area contributed by atoms with Gasteiger partial charge in [-0.1, -0.05) is 6.92 Å². The Morgan fingerprint density at radius 2 is 1.56 bits per heavy atom. The Morgan fingerprint density at radius 3 is 2.04 bits per heavy atom. The molecule has 1 heterocycles. The Labute approximate surface area is 146 Å². The van der Waals surface area contributed by atoms with Gasteiger partial charge in [0.2, 0.25) is 0 Å². The van der Waals surface area contributed by atoms with Gasteiger partial charge >= 0.3 is 0 Å². The van der Waals surface area contributed by atoms with Crippen LogP contribution >= 0.6 is 0 Å². The molecule has 7 N–H and O–H groups in total. The highest BCUT2D eigenvalue weighted by Crippen LogP contribution is 2.26. The fourth-order valence-corrected chi connectivity index (χ4v) is 2.64. The van der Waals surface area contributed by atoms with Gasteiger partial charge in [-0.15, -0.1) is 0 Å². The molecule has 1 aliphatic heterocycles. The largest absolute Gasteiger partial charge is 0.396 e. The van der Waals surface area contributed by atoms with E-state index in [4.69, 9.17) is 24.4 Å². The third-order valence-corrected chi connectivity index (χ3v) is 4.48. The van der Waals surface area contributed by atoms with Gasteiger partial charge in [-0.25, -0.2) is 0 Å². The van der Waals surface area contributed by atoms with E-state index in [1.165, 1.54) is 21.0 Å². The van der Waals surface area contributed by atoms with E-state index >= 15 is 0 Å². The van der Waals surface area contributed by atoms with Crippen molar-refractivity contribution in [3.63, 3.8) is 0 Å². The van der Waals surface area contributed by atoms with Crippen LogP contribution in [0.25, 0.3) is 0 Å². The second kappa shape index (κ2) is 10.1. The van der Waals surface area contributed by atoms with Crippen molar-refractivity contribution >= 4 is 0 Å². The summed E-state index contributed by atoms with van der Waals surface area (Å²) in [4.78, 5) is 0. The Balaban J connectivity index is 2.77. The van der Waals surface area contributed by atoms with Crippen LogP contribution in [0.5, 0.6) is 0 Å². The van der Waals surface area contributed by atoms with Crippen LogP contribution in [0.15, 0.2) is 0 Å². The number of methoxy groups -OCH3 is 1. The average Bonchev–Trinajstić information content (AvgIpc) is 2.62. The predicted molar refractivity (Wildman–Crippen MR) is 83.4 cm³/mol. The molecule has 25 heavy (non-hydrogen) atoms. The maximum Gasteiger partial charge on any atom is 0.186 e. The molecule has 0 aromatic carbocycles. The molecule has 10 unspecified atom stereocenters. The molecular formula is C15H30O10. The topological polar surface area (TPSA) is 169 Å². The number of ether oxygens (including phenoxy) is 3. The van der Waals surface area contributed by atoms with Gasteiger partial charge in [-0.3, -0.25) is 0 Å². The van der Waals surface area contributed by atoms with Crippen molar-refractivity contribution < 1.29 is 50.0 Å². The van der Waals surface area contributed by atoms with Crippen LogP contribution in [0.1, 0.15) is 13.8 Å². The lowest BCUT2D eigenvalue weighted by Gasteiger charge is -2.43. The molecule has 10 nitrogen and oxygen atoms in total. The highest BCUT2D eigenvalue weighted by Gasteiger charge is 2.47. The lowest BCUT2D eigenvalue weighted by Crippen LogP contribution is -2.61. The minimum absolute atomic E-state index is 0.379. The standard InChI is InChI=1S/C15H30O10/c1-6(4-16)9(18)12(21)10(19)7(2)24-14-13(22)11(20)8(5-17)25-15(14)23-3/h6-22H,4-5H2,1-3H3. The summed E-state index contributed by atoms with van der Waals surface area (Å²) in [6, 6.07) is 0. The van der Waals surface area contributed by atoms with Crippen molar-refractivity contribution in [2.45, 2.75) is 69.0 Å². The molecule has 1 fully saturated rings. The van der Waals surface area contributed by atoms with Gasteiger partial charge < -0.3 is 50.0 Å². The van der Waals surface area contributed by atoms with Crippen molar-refractivity contribution in [2.75, 3.05) is 20.3 Å². The Kier molecular flexibility index (Phi) is 9.12. The van der Waals surface area contributed by atoms with Crippen molar-refractivity contribution in [1.29, 1.82) is 0 Å². The molecule has 10 heteroatoms. The predicted octanol–water partition coefficient (Wildman–Crippen LogP) is -3.44. The molecule has 1 saturated heterocycles. The second-order valence-corrected chi connectivity index (χ2v) is 6.38. The van der Waals surface area contributed by atoms with E-state index in [-0.39, 0.29) is 6.61 Å². The van der Waals surface area contributed by atoms with Gasteiger partial charge in [-0.2, -0.15) is 0 Å². The zero-order valence-corrected chi connectivity index (χ0v) is 14.5. The summed E-state index contributed by atoms with van der Waals surface area (Å²) >= 11 is 0. The molecule has 0 aliphatic carbocycles. The highest BCUT2D eigenvalue weighted by atomic mass is 16.7. The zero-order chi connectivity index (χ0) is 19.3. The van der Waals surface area contributed by atoms with Crippen LogP contribution < -0.4 is 0 Å². The monoisotopic (exact) mass is 370 g/mol. The summed E-state index contributed by atoms with van der Waals surface area (Å²) in [5.41, 5.74) is 0. The van der Waals surface area contributed by atoms with Crippen LogP contribution in [0.4, 0.5) is 0 Å². The van der Waals surface area contributed by atoms with Crippen molar-refractivity contribution in [2.24, 2.45) is 5.92 Å². The average molecular weight is 370 g/mol. The summed E-state index contributed by atoms with van der Waals surface area (Å²) in [7, 11) is 1.28. The first-order valence-corrected chi connectivity index (χ1v) is 8.15. The Bertz CT molecular complexity index is 381. The lowest BCUT2D eigenvalue weighted by molar-refractivity contribution is -0.315. The molecule has 0 radical (unpaired) electrons.